The van der Waals surface area contributed by atoms with Gasteiger partial charge in [0.2, 0.25) is 5.91 Å². The molecular formula is C16H20F4N4O4. The summed E-state index contributed by atoms with van der Waals surface area (Å²) in [6, 6.07) is 2.72. The van der Waals surface area contributed by atoms with Crippen LogP contribution in [0.4, 0.5) is 28.9 Å². The zero-order valence-electron chi connectivity index (χ0n) is 14.7. The van der Waals surface area contributed by atoms with Crippen LogP contribution in [0, 0.1) is 0 Å². The normalized spacial score (nSPS) is 15.8. The van der Waals surface area contributed by atoms with E-state index in [0.29, 0.717) is 0 Å². The van der Waals surface area contributed by atoms with Crippen molar-refractivity contribution in [2.45, 2.75) is 19.1 Å². The predicted molar refractivity (Wildman–Crippen MR) is 91.7 cm³/mol. The molecule has 28 heavy (non-hydrogen) atoms. The van der Waals surface area contributed by atoms with E-state index in [1.165, 1.54) is 23.1 Å². The van der Waals surface area contributed by atoms with E-state index in [0.717, 1.165) is 0 Å². The fourth-order valence-electron chi connectivity index (χ4n) is 2.50. The highest BCUT2D eigenvalue weighted by molar-refractivity contribution is 5.98. The minimum absolute atomic E-state index is 0.118. The molecule has 1 fully saturated rings. The lowest BCUT2D eigenvalue weighted by Crippen LogP contribution is -2.47. The van der Waals surface area contributed by atoms with Crippen molar-refractivity contribution < 1.29 is 36.6 Å². The number of anilines is 2. The Morgan fingerprint density at radius 1 is 1.32 bits per heavy atom. The first kappa shape index (κ1) is 21.9. The zero-order valence-corrected chi connectivity index (χ0v) is 14.7. The Hall–Kier alpha value is -2.44. The van der Waals surface area contributed by atoms with E-state index >= 15 is 0 Å². The largest absolute Gasteiger partial charge is 0.433 e. The third-order valence-corrected chi connectivity index (χ3v) is 3.81. The second-order valence-corrected chi connectivity index (χ2v) is 5.73. The van der Waals surface area contributed by atoms with Crippen LogP contribution in [-0.2, 0) is 14.3 Å². The highest BCUT2D eigenvalue weighted by Gasteiger charge is 2.24. The first-order valence-electron chi connectivity index (χ1n) is 8.31. The number of benzene rings is 1. The number of hydrogen-bond acceptors (Lipinski definition) is 6. The summed E-state index contributed by atoms with van der Waals surface area (Å²) in [5.74, 6) is -1.53. The Morgan fingerprint density at radius 2 is 2.07 bits per heavy atom. The lowest BCUT2D eigenvalue weighted by Gasteiger charge is -2.27. The van der Waals surface area contributed by atoms with Gasteiger partial charge in [0.25, 0.3) is 12.3 Å². The fourth-order valence-corrected chi connectivity index (χ4v) is 2.50. The number of nitrogens with zero attached hydrogens (tertiary/aromatic N) is 1. The quantitative estimate of drug-likeness (QED) is 0.522. The molecule has 0 aliphatic carbocycles. The molecule has 12 heteroatoms. The van der Waals surface area contributed by atoms with Gasteiger partial charge in [0.15, 0.2) is 5.75 Å². The van der Waals surface area contributed by atoms with E-state index in [-0.39, 0.29) is 49.3 Å². The van der Waals surface area contributed by atoms with Gasteiger partial charge in [-0.3, -0.25) is 14.9 Å². The van der Waals surface area contributed by atoms with E-state index in [1.54, 1.807) is 0 Å². The molecular weight excluding hydrogens is 388 g/mol. The highest BCUT2D eigenvalue weighted by Crippen LogP contribution is 2.32. The number of rotatable bonds is 9. The second kappa shape index (κ2) is 10.2. The van der Waals surface area contributed by atoms with E-state index < -0.39 is 31.5 Å². The monoisotopic (exact) mass is 408 g/mol. The lowest BCUT2D eigenvalue weighted by molar-refractivity contribution is -0.125. The maximum absolute atomic E-state index is 12.8. The Morgan fingerprint density at radius 3 is 2.68 bits per heavy atom. The van der Waals surface area contributed by atoms with Crippen LogP contribution < -0.4 is 26.0 Å². The minimum Gasteiger partial charge on any atom is -0.433 e. The third kappa shape index (κ3) is 6.04. The molecule has 1 aliphatic rings. The number of halogens is 4. The number of nitrogens with one attached hydrogen (secondary N) is 2. The van der Waals surface area contributed by atoms with Crippen LogP contribution in [0.25, 0.3) is 0 Å². The van der Waals surface area contributed by atoms with Crippen LogP contribution in [0.3, 0.4) is 0 Å². The SMILES string of the molecule is NC[C@H](NCC(F)F)C(=O)Nc1ccc(N2CCOCC2=O)cc1OC(F)F. The van der Waals surface area contributed by atoms with Crippen LogP contribution in [0.5, 0.6) is 5.75 Å². The van der Waals surface area contributed by atoms with Gasteiger partial charge in [0.05, 0.1) is 24.9 Å². The number of morpholine rings is 1. The molecule has 0 saturated carbocycles. The lowest BCUT2D eigenvalue weighted by atomic mass is 10.2. The van der Waals surface area contributed by atoms with Gasteiger partial charge in [-0.25, -0.2) is 8.78 Å². The summed E-state index contributed by atoms with van der Waals surface area (Å²) in [6.45, 7) is -3.86. The van der Waals surface area contributed by atoms with Gasteiger partial charge < -0.3 is 25.4 Å². The molecule has 8 nitrogen and oxygen atoms in total. The van der Waals surface area contributed by atoms with Crippen molar-refractivity contribution in [3.05, 3.63) is 18.2 Å². The van der Waals surface area contributed by atoms with Gasteiger partial charge in [-0.05, 0) is 12.1 Å². The Balaban J connectivity index is 2.20. The van der Waals surface area contributed by atoms with Gasteiger partial charge in [-0.15, -0.1) is 0 Å². The van der Waals surface area contributed by atoms with Crippen LogP contribution in [-0.4, -0.2) is 63.7 Å². The van der Waals surface area contributed by atoms with Gasteiger partial charge in [-0.2, -0.15) is 8.78 Å². The summed E-state index contributed by atoms with van der Waals surface area (Å²) in [4.78, 5) is 25.4. The summed E-state index contributed by atoms with van der Waals surface area (Å²) in [7, 11) is 0. The fraction of sp³-hybridized carbons (Fsp3) is 0.500. The van der Waals surface area contributed by atoms with Crippen molar-refractivity contribution in [3.8, 4) is 5.75 Å². The smallest absolute Gasteiger partial charge is 0.387 e. The van der Waals surface area contributed by atoms with Crippen LogP contribution in [0.1, 0.15) is 0 Å². The van der Waals surface area contributed by atoms with E-state index in [9.17, 15) is 27.2 Å². The molecule has 156 valence electrons. The standard InChI is InChI=1S/C16H20F4N4O4/c17-13(18)7-22-11(6-21)15(26)23-10-2-1-9(5-12(10)28-16(19)20)24-3-4-27-8-14(24)25/h1-2,5,11,13,16,22H,3-4,6-8,21H2,(H,23,26)/t11-/m0/s1. The third-order valence-electron chi connectivity index (χ3n) is 3.81. The molecule has 0 radical (unpaired) electrons. The van der Waals surface area contributed by atoms with Crippen molar-refractivity contribution in [1.82, 2.24) is 5.32 Å². The van der Waals surface area contributed by atoms with Gasteiger partial charge in [0, 0.05) is 24.8 Å². The number of alkyl halides is 4. The molecule has 1 atom stereocenters. The molecule has 1 aromatic rings. The average Bonchev–Trinajstić information content (AvgIpc) is 2.63. The molecule has 2 rings (SSSR count). The Kier molecular flexibility index (Phi) is 7.96. The molecule has 0 spiro atoms. The van der Waals surface area contributed by atoms with Crippen LogP contribution >= 0.6 is 0 Å². The highest BCUT2D eigenvalue weighted by atomic mass is 19.3. The second-order valence-electron chi connectivity index (χ2n) is 5.73. The van der Waals surface area contributed by atoms with Crippen molar-refractivity contribution in [3.63, 3.8) is 0 Å². The molecule has 1 aliphatic heterocycles. The average molecular weight is 408 g/mol. The Labute approximate surface area is 157 Å². The number of carbonyl (C=O) groups is 2. The Bertz CT molecular complexity index is 693. The van der Waals surface area contributed by atoms with Crippen LogP contribution in [0.2, 0.25) is 0 Å². The van der Waals surface area contributed by atoms with Crippen molar-refractivity contribution in [2.24, 2.45) is 5.73 Å². The van der Waals surface area contributed by atoms with Gasteiger partial charge >= 0.3 is 6.61 Å². The molecule has 1 saturated heterocycles. The number of nitrogens with two attached hydrogens (primary N) is 1. The van der Waals surface area contributed by atoms with Crippen LogP contribution in [0.15, 0.2) is 18.2 Å². The van der Waals surface area contributed by atoms with Gasteiger partial charge in [0.1, 0.15) is 6.61 Å². The summed E-state index contributed by atoms with van der Waals surface area (Å²) in [5, 5.41) is 4.59. The minimum atomic E-state index is -3.19. The van der Waals surface area contributed by atoms with Gasteiger partial charge in [-0.1, -0.05) is 0 Å². The van der Waals surface area contributed by atoms with Crippen molar-refractivity contribution >= 4 is 23.2 Å². The topological polar surface area (TPSA) is 106 Å². The molecule has 0 bridgehead atoms. The number of carbonyl (C=O) groups excluding carboxylic acids is 2. The molecule has 1 aromatic carbocycles. The van der Waals surface area contributed by atoms with Crippen molar-refractivity contribution in [2.75, 3.05) is 43.1 Å². The first-order chi connectivity index (χ1) is 13.3. The maximum Gasteiger partial charge on any atom is 0.387 e. The molecule has 1 heterocycles. The first-order valence-corrected chi connectivity index (χ1v) is 8.31. The molecule has 0 unspecified atom stereocenters. The molecule has 2 amide bonds. The van der Waals surface area contributed by atoms with Crippen molar-refractivity contribution in [1.29, 1.82) is 0 Å². The number of hydrogen-bond donors (Lipinski definition) is 3. The predicted octanol–water partition coefficient (Wildman–Crippen LogP) is 0.772. The van der Waals surface area contributed by atoms with E-state index in [4.69, 9.17) is 10.5 Å². The van der Waals surface area contributed by atoms with E-state index in [2.05, 4.69) is 15.4 Å². The molecule has 4 N–H and O–H groups in total. The molecule has 0 aromatic heterocycles. The summed E-state index contributed by atoms with van der Waals surface area (Å²) in [6.07, 6.45) is -2.69. The summed E-state index contributed by atoms with van der Waals surface area (Å²) < 4.78 is 59.6. The zero-order chi connectivity index (χ0) is 20.7. The number of ether oxygens (including phenoxy) is 2. The summed E-state index contributed by atoms with van der Waals surface area (Å²) >= 11 is 0. The number of amides is 2. The summed E-state index contributed by atoms with van der Waals surface area (Å²) in [5.41, 5.74) is 5.56. The van der Waals surface area contributed by atoms with E-state index in [1.807, 2.05) is 0 Å². The maximum atomic E-state index is 12.8.